The molecule has 0 spiro atoms. The van der Waals surface area contributed by atoms with Crippen LogP contribution in [0.15, 0.2) is 63.4 Å². The first-order valence-electron chi connectivity index (χ1n) is 16.4. The number of rotatable bonds is 15. The molecule has 1 aromatic heterocycles. The number of hydrogen-bond donors (Lipinski definition) is 1. The Bertz CT molecular complexity index is 1760. The van der Waals surface area contributed by atoms with E-state index in [1.165, 1.54) is 37.4 Å². The molecule has 2 aromatic carbocycles. The molecule has 1 amide bonds. The summed E-state index contributed by atoms with van der Waals surface area (Å²) in [5.41, 5.74) is 0.733. The topological polar surface area (TPSA) is 117 Å². The van der Waals surface area contributed by atoms with Gasteiger partial charge in [0.15, 0.2) is 10.9 Å². The van der Waals surface area contributed by atoms with Crippen molar-refractivity contribution >= 4 is 50.3 Å². The monoisotopic (exact) mass is 758 g/mol. The lowest BCUT2D eigenvalue weighted by Crippen LogP contribution is -2.42. The van der Waals surface area contributed by atoms with Crippen molar-refractivity contribution in [2.75, 3.05) is 38.1 Å². The van der Waals surface area contributed by atoms with Gasteiger partial charge < -0.3 is 15.0 Å². The number of halogens is 5. The van der Waals surface area contributed by atoms with Crippen LogP contribution in [0.5, 0.6) is 5.75 Å². The molecular formula is C34H43F5N6O4S2. The summed E-state index contributed by atoms with van der Waals surface area (Å²) >= 11 is 1.35. The fraction of sp³-hybridized carbons (Fsp3) is 0.471. The number of thiazole rings is 1. The Morgan fingerprint density at radius 3 is 2.29 bits per heavy atom. The molecule has 0 aliphatic carbocycles. The number of likely N-dealkylation sites (N-methyl/N-ethyl adjacent to an activating group) is 1. The minimum atomic E-state index is -4.91. The van der Waals surface area contributed by atoms with E-state index in [0.29, 0.717) is 29.6 Å². The molecule has 1 N–H and O–H groups in total. The summed E-state index contributed by atoms with van der Waals surface area (Å²) in [5, 5.41) is 3.41. The van der Waals surface area contributed by atoms with E-state index in [-0.39, 0.29) is 49.0 Å². The Hall–Kier alpha value is -3.96. The van der Waals surface area contributed by atoms with Crippen molar-refractivity contribution in [3.63, 3.8) is 0 Å². The van der Waals surface area contributed by atoms with Gasteiger partial charge in [-0.25, -0.2) is 32.2 Å². The summed E-state index contributed by atoms with van der Waals surface area (Å²) < 4.78 is 96.9. The number of amidine groups is 1. The van der Waals surface area contributed by atoms with E-state index in [1.807, 2.05) is 13.8 Å². The van der Waals surface area contributed by atoms with Gasteiger partial charge in [0.25, 0.3) is 5.92 Å². The van der Waals surface area contributed by atoms with Gasteiger partial charge in [0.1, 0.15) is 11.6 Å². The molecule has 0 bridgehead atoms. The van der Waals surface area contributed by atoms with Gasteiger partial charge in [-0.05, 0) is 43.2 Å². The quantitative estimate of drug-likeness (QED) is 0.162. The SMILES string of the molecule is CC.CCC(F)(F)c1ccc(CCNC(=O)[C@H](C)CN(CCN(C)S(=O)(=O)c2ccc(OC(F)(F)F)cc2)c2nc3c(s2)CC=NC(C)=N3)cc1. The molecule has 280 valence electrons. The Labute approximate surface area is 299 Å². The van der Waals surface area contributed by atoms with E-state index in [1.54, 1.807) is 37.1 Å². The van der Waals surface area contributed by atoms with Crippen LogP contribution >= 0.6 is 11.3 Å². The molecule has 17 heteroatoms. The number of fused-ring (bicyclic) bond motifs is 1. The molecule has 3 aromatic rings. The van der Waals surface area contributed by atoms with Crippen LogP contribution in [0.1, 0.15) is 57.0 Å². The maximum Gasteiger partial charge on any atom is 0.573 e. The molecule has 0 fully saturated rings. The largest absolute Gasteiger partial charge is 0.573 e. The van der Waals surface area contributed by atoms with Crippen molar-refractivity contribution in [1.82, 2.24) is 14.6 Å². The zero-order chi connectivity index (χ0) is 38.0. The predicted molar refractivity (Wildman–Crippen MR) is 190 cm³/mol. The Morgan fingerprint density at radius 1 is 1.04 bits per heavy atom. The number of nitrogens with zero attached hydrogens (tertiary/aromatic N) is 5. The minimum Gasteiger partial charge on any atom is -0.406 e. The molecule has 10 nitrogen and oxygen atoms in total. The second-order valence-corrected chi connectivity index (χ2v) is 14.5. The number of carbonyl (C=O) groups is 1. The number of aliphatic imine (C=N–C) groups is 2. The van der Waals surface area contributed by atoms with Gasteiger partial charge >= 0.3 is 6.36 Å². The first-order chi connectivity index (χ1) is 24.0. The van der Waals surface area contributed by atoms with Crippen molar-refractivity contribution in [3.05, 3.63) is 64.5 Å². The molecule has 1 atom stereocenters. The Kier molecular flexibility index (Phi) is 14.6. The molecule has 1 aliphatic heterocycles. The van der Waals surface area contributed by atoms with Crippen LogP contribution in [0.2, 0.25) is 0 Å². The zero-order valence-corrected chi connectivity index (χ0v) is 30.9. The maximum absolute atomic E-state index is 13.9. The smallest absolute Gasteiger partial charge is 0.406 e. The highest BCUT2D eigenvalue weighted by Gasteiger charge is 2.32. The number of hydrogen-bond acceptors (Lipinski definition) is 9. The molecule has 0 radical (unpaired) electrons. The third-order valence-corrected chi connectivity index (χ3v) is 10.7. The van der Waals surface area contributed by atoms with Crippen LogP contribution in [0.25, 0.3) is 0 Å². The number of amides is 1. The van der Waals surface area contributed by atoms with Crippen molar-refractivity contribution in [2.24, 2.45) is 15.9 Å². The lowest BCUT2D eigenvalue weighted by Gasteiger charge is -2.27. The van der Waals surface area contributed by atoms with Crippen molar-refractivity contribution in [1.29, 1.82) is 0 Å². The number of alkyl halides is 5. The molecular weight excluding hydrogens is 716 g/mol. The van der Waals surface area contributed by atoms with E-state index in [0.717, 1.165) is 39.0 Å². The molecule has 4 rings (SSSR count). The second-order valence-electron chi connectivity index (χ2n) is 11.4. The summed E-state index contributed by atoms with van der Waals surface area (Å²) in [6.45, 7) is 9.42. The van der Waals surface area contributed by atoms with Gasteiger partial charge in [-0.15, -0.1) is 13.2 Å². The fourth-order valence-corrected chi connectivity index (χ4v) is 6.96. The van der Waals surface area contributed by atoms with Gasteiger partial charge in [0.05, 0.1) is 15.7 Å². The highest BCUT2D eigenvalue weighted by atomic mass is 32.2. The van der Waals surface area contributed by atoms with Crippen LogP contribution in [-0.4, -0.2) is 75.3 Å². The average molecular weight is 759 g/mol. The van der Waals surface area contributed by atoms with Gasteiger partial charge in [-0.1, -0.05) is 63.3 Å². The first-order valence-corrected chi connectivity index (χ1v) is 18.6. The number of ether oxygens (including phenoxy) is 1. The third-order valence-electron chi connectivity index (χ3n) is 7.68. The summed E-state index contributed by atoms with van der Waals surface area (Å²) in [7, 11) is -2.75. The third kappa shape index (κ3) is 11.8. The van der Waals surface area contributed by atoms with Crippen LogP contribution in [0.3, 0.4) is 0 Å². The van der Waals surface area contributed by atoms with E-state index in [2.05, 4.69) is 25.0 Å². The average Bonchev–Trinajstić information content (AvgIpc) is 3.39. The van der Waals surface area contributed by atoms with Crippen molar-refractivity contribution < 1.29 is 39.9 Å². The summed E-state index contributed by atoms with van der Waals surface area (Å²) in [6, 6.07) is 9.94. The normalized spacial score (nSPS) is 13.8. The van der Waals surface area contributed by atoms with Crippen molar-refractivity contribution in [3.8, 4) is 5.75 Å². The lowest BCUT2D eigenvalue weighted by atomic mass is 10.0. The van der Waals surface area contributed by atoms with E-state index >= 15 is 0 Å². The van der Waals surface area contributed by atoms with Gasteiger partial charge in [0, 0.05) is 57.8 Å². The lowest BCUT2D eigenvalue weighted by molar-refractivity contribution is -0.274. The first kappa shape index (κ1) is 41.5. The fourth-order valence-electron chi connectivity index (χ4n) is 4.81. The number of nitrogens with one attached hydrogen (secondary N) is 1. The molecule has 51 heavy (non-hydrogen) atoms. The second kappa shape index (κ2) is 18.0. The van der Waals surface area contributed by atoms with E-state index < -0.39 is 34.0 Å². The van der Waals surface area contributed by atoms with Crippen LogP contribution < -0.4 is 15.0 Å². The molecule has 1 aliphatic rings. The number of anilines is 1. The number of sulfonamides is 1. The maximum atomic E-state index is 13.9. The summed E-state index contributed by atoms with van der Waals surface area (Å²) in [5.74, 6) is -3.26. The van der Waals surface area contributed by atoms with E-state index in [9.17, 15) is 35.2 Å². The van der Waals surface area contributed by atoms with Gasteiger partial charge in [-0.2, -0.15) is 4.31 Å². The molecule has 0 saturated heterocycles. The summed E-state index contributed by atoms with van der Waals surface area (Å²) in [4.78, 5) is 28.9. The molecule has 0 unspecified atom stereocenters. The minimum absolute atomic E-state index is 0.0431. The Morgan fingerprint density at radius 2 is 1.69 bits per heavy atom. The molecule has 0 saturated carbocycles. The van der Waals surface area contributed by atoms with Crippen LogP contribution in [0, 0.1) is 5.92 Å². The standard InChI is InChI=1S/C32H37F5N6O4S2.C2H6/c1-5-31(33,34)24-8-6-23(7-9-24)14-16-39-29(44)21(2)20-43(30-41-28-27(48-30)15-17-38-22(3)40-28)19-18-42(4)49(45,46)26-12-10-25(11-13-26)47-32(35,36)37;1-2/h6-13,17,21H,5,14-16,18-20H2,1-4H3,(H,39,44);1-2H3/t21-;/m1./s1. The molecule has 2 heterocycles. The number of carbonyl (C=O) groups excluding carboxylic acids is 1. The zero-order valence-electron chi connectivity index (χ0n) is 29.3. The van der Waals surface area contributed by atoms with Gasteiger partial charge in [0.2, 0.25) is 15.9 Å². The Balaban J connectivity index is 0.00000345. The summed E-state index contributed by atoms with van der Waals surface area (Å²) in [6.07, 6.45) is -2.56. The van der Waals surface area contributed by atoms with E-state index in [4.69, 9.17) is 0 Å². The number of aromatic nitrogens is 1. The highest BCUT2D eigenvalue weighted by Crippen LogP contribution is 2.34. The predicted octanol–water partition coefficient (Wildman–Crippen LogP) is 7.37. The van der Waals surface area contributed by atoms with Crippen molar-refractivity contribution in [2.45, 2.75) is 71.1 Å². The highest BCUT2D eigenvalue weighted by molar-refractivity contribution is 7.89. The number of benzene rings is 2. The van der Waals surface area contributed by atoms with Gasteiger partial charge in [-0.3, -0.25) is 4.79 Å². The van der Waals surface area contributed by atoms with Crippen LogP contribution in [0.4, 0.5) is 32.9 Å². The van der Waals surface area contributed by atoms with Crippen LogP contribution in [-0.2, 0) is 33.6 Å².